The van der Waals surface area contributed by atoms with Gasteiger partial charge >= 0.3 is 20.4 Å². The minimum absolute atomic E-state index is 0. The molecular formula is C26H65N3O17S4-2. The van der Waals surface area contributed by atoms with E-state index in [1.165, 1.54) is 59.2 Å². The smallest absolute Gasteiger partial charge is 0.409 e. The maximum Gasteiger partial charge on any atom is 0.409 e. The summed E-state index contributed by atoms with van der Waals surface area (Å²) >= 11 is -5.76. The van der Waals surface area contributed by atoms with E-state index in [-0.39, 0.29) is 54.1 Å². The Bertz CT molecular complexity index is 1030. The summed E-state index contributed by atoms with van der Waals surface area (Å²) in [4.78, 5) is 24.4. The van der Waals surface area contributed by atoms with Gasteiger partial charge < -0.3 is 51.9 Å². The predicted molar refractivity (Wildman–Crippen MR) is 188 cm³/mol. The number of hydrogen-bond donors (Lipinski definition) is 3. The summed E-state index contributed by atoms with van der Waals surface area (Å²) in [6.45, 7) is 23.8. The fraction of sp³-hybridized carbons (Fsp3) is 0.769. The van der Waals surface area contributed by atoms with E-state index in [9.17, 15) is 26.4 Å². The van der Waals surface area contributed by atoms with Gasteiger partial charge in [0.25, 0.3) is 5.91 Å². The summed E-state index contributed by atoms with van der Waals surface area (Å²) in [5.41, 5.74) is 0. The average Bonchev–Trinajstić information content (AvgIpc) is 2.89. The molecule has 2 aliphatic heterocycles. The number of nitrogens with one attached hydrogen (secondary N) is 3. The molecule has 2 heterocycles. The van der Waals surface area contributed by atoms with Gasteiger partial charge in [-0.2, -0.15) is 16.8 Å². The molecule has 50 heavy (non-hydrogen) atoms. The first kappa shape index (κ1) is 73.5. The lowest BCUT2D eigenvalue weighted by Crippen LogP contribution is -3.11. The number of hydrogen-bond acceptors (Lipinski definition) is 16. The van der Waals surface area contributed by atoms with Crippen molar-refractivity contribution in [3.8, 4) is 0 Å². The van der Waals surface area contributed by atoms with Crippen LogP contribution in [0.2, 0.25) is 0 Å². The number of rotatable bonds is 8. The minimum Gasteiger partial charge on any atom is -0.750 e. The van der Waals surface area contributed by atoms with Crippen molar-refractivity contribution in [1.29, 1.82) is 0 Å². The van der Waals surface area contributed by atoms with E-state index in [2.05, 4.69) is 58.6 Å². The molecule has 0 radical (unpaired) electrons. The Labute approximate surface area is 306 Å². The topological polar surface area (TPSA) is 318 Å². The van der Waals surface area contributed by atoms with Gasteiger partial charge in [-0.05, 0) is 55.4 Å². The van der Waals surface area contributed by atoms with Crippen molar-refractivity contribution >= 4 is 54.8 Å². The van der Waals surface area contributed by atoms with Gasteiger partial charge in [-0.3, -0.25) is 9.59 Å². The lowest BCUT2D eigenvalue weighted by atomic mass is 10.4. The van der Waals surface area contributed by atoms with Gasteiger partial charge in [0, 0.05) is 12.2 Å². The zero-order valence-corrected chi connectivity index (χ0v) is 29.5. The quantitative estimate of drug-likeness (QED) is 0.0983. The molecule has 0 aromatic heterocycles. The highest BCUT2D eigenvalue weighted by atomic mass is 32.2. The Balaban J connectivity index is -0.0000000478. The highest BCUT2D eigenvalue weighted by molar-refractivity contribution is 7.87. The number of carbonyl (C=O) groups is 2. The molecule has 0 fully saturated rings. The van der Waals surface area contributed by atoms with Crippen LogP contribution < -0.4 is 25.0 Å². The first-order valence-electron chi connectivity index (χ1n) is 12.8. The zero-order valence-electron chi connectivity index (χ0n) is 26.3. The summed E-state index contributed by atoms with van der Waals surface area (Å²) in [6, 6.07) is 0. The molecule has 0 saturated carbocycles. The van der Waals surface area contributed by atoms with E-state index in [1.54, 1.807) is 14.5 Å². The molecule has 2 unspecified atom stereocenters. The van der Waals surface area contributed by atoms with Crippen LogP contribution in [0.1, 0.15) is 92.5 Å². The van der Waals surface area contributed by atoms with Crippen LogP contribution in [-0.4, -0.2) is 96.5 Å². The highest BCUT2D eigenvalue weighted by Crippen LogP contribution is 2.09. The van der Waals surface area contributed by atoms with Crippen LogP contribution in [0.15, 0.2) is 23.7 Å². The number of carbonyl (C=O) groups excluding carboxylic acids is 2. The molecule has 0 saturated heterocycles. The van der Waals surface area contributed by atoms with Crippen molar-refractivity contribution in [2.75, 3.05) is 45.0 Å². The summed E-state index contributed by atoms with van der Waals surface area (Å²) < 4.78 is 92.5. The molecule has 5 N–H and O–H groups in total. The second kappa shape index (κ2) is 43.2. The molecule has 0 aromatic carbocycles. The largest absolute Gasteiger partial charge is 0.750 e. The van der Waals surface area contributed by atoms with Crippen molar-refractivity contribution in [3.63, 3.8) is 0 Å². The summed E-state index contributed by atoms with van der Waals surface area (Å²) in [6.07, 6.45) is 2.22. The third-order valence-electron chi connectivity index (χ3n) is 4.85. The van der Waals surface area contributed by atoms with Crippen LogP contribution in [0.4, 0.5) is 0 Å². The van der Waals surface area contributed by atoms with E-state index in [4.69, 9.17) is 28.0 Å². The molecule has 0 spiro atoms. The van der Waals surface area contributed by atoms with Crippen LogP contribution >= 0.6 is 0 Å². The average molecular weight is 820 g/mol. The van der Waals surface area contributed by atoms with Crippen molar-refractivity contribution in [2.24, 2.45) is 0 Å². The van der Waals surface area contributed by atoms with Crippen molar-refractivity contribution in [3.05, 3.63) is 23.7 Å². The fourth-order valence-corrected chi connectivity index (χ4v) is 4.43. The Kier molecular flexibility index (Phi) is 63.5. The van der Waals surface area contributed by atoms with Gasteiger partial charge in [0.1, 0.15) is 17.3 Å². The zero-order chi connectivity index (χ0) is 35.5. The molecule has 2 rings (SSSR count). The maximum atomic E-state index is 10.6. The first-order chi connectivity index (χ1) is 20.2. The second-order valence-corrected chi connectivity index (χ2v) is 11.9. The monoisotopic (exact) mass is 819 g/mol. The standard InChI is InChI=1S/2C6H15N.C5H6O4S.C4H5NO4S.5CH4.2H2O4S.H2O/c2*1-4-7(5-2)6-3;1-4-2-5(6)3-10(7,8)9-4;1-3-2-4(6)5-10(7,8)9-3;;;;;;2*1-4-5(2)3;/h2*4-6H2,1-3H3;2H,3H2,1H3;2H,1H3,(H,5,6);5*1H4;2*1H,(H,2,3);1H2/p-2. The molecule has 0 aromatic rings. The Morgan fingerprint density at radius 1 is 0.700 bits per heavy atom. The fourth-order valence-electron chi connectivity index (χ4n) is 2.75. The van der Waals surface area contributed by atoms with E-state index in [0.717, 1.165) is 6.08 Å². The summed E-state index contributed by atoms with van der Waals surface area (Å²) in [5, 5.41) is 17.0. The number of ketones is 1. The van der Waals surface area contributed by atoms with Crippen LogP contribution in [0, 0.1) is 0 Å². The van der Waals surface area contributed by atoms with E-state index in [0.29, 0.717) is 0 Å². The van der Waals surface area contributed by atoms with Crippen LogP contribution in [0.5, 0.6) is 0 Å². The lowest BCUT2D eigenvalue weighted by Gasteiger charge is -2.10. The third kappa shape index (κ3) is 52.9. The predicted octanol–water partition coefficient (Wildman–Crippen LogP) is -2.54. The highest BCUT2D eigenvalue weighted by Gasteiger charge is 2.22. The van der Waals surface area contributed by atoms with E-state index >= 15 is 0 Å². The summed E-state index contributed by atoms with van der Waals surface area (Å²) in [7, 11) is -7.45. The molecule has 24 heteroatoms. The molecule has 0 aliphatic carbocycles. The van der Waals surface area contributed by atoms with Crippen molar-refractivity contribution < 1.29 is 86.8 Å². The number of amides is 1. The molecule has 2 atom stereocenters. The van der Waals surface area contributed by atoms with E-state index in [1.807, 2.05) is 0 Å². The van der Waals surface area contributed by atoms with Crippen LogP contribution in [0.3, 0.4) is 0 Å². The SMILES string of the molecule is C.C.C.C.C.CC1=CC(=O)CS(=O)(=O)O1.CC1=CC(=O)NS(=O)(=O)O1.CC[NH+](CC)CC.CC[NH+](CC)CC.O.O=S([O-])O[O-].O=S([O-])O[O-]. The van der Waals surface area contributed by atoms with Crippen LogP contribution in [-0.2, 0) is 69.8 Å². The molecule has 2 aliphatic rings. The Morgan fingerprint density at radius 2 is 0.980 bits per heavy atom. The molecule has 1 amide bonds. The number of allylic oxidation sites excluding steroid dienone is 3. The minimum atomic E-state index is -3.85. The van der Waals surface area contributed by atoms with Crippen LogP contribution in [0.25, 0.3) is 0 Å². The molecule has 0 bridgehead atoms. The Morgan fingerprint density at radius 3 is 1.14 bits per heavy atom. The van der Waals surface area contributed by atoms with Gasteiger partial charge in [-0.25, -0.2) is 13.1 Å². The normalized spacial score (nSPS) is 15.0. The number of quaternary nitrogens is 2. The maximum absolute atomic E-state index is 10.6. The van der Waals surface area contributed by atoms with E-state index < -0.39 is 60.6 Å². The molecule has 20 nitrogen and oxygen atoms in total. The molecule has 312 valence electrons. The lowest BCUT2D eigenvalue weighted by molar-refractivity contribution is -0.894. The van der Waals surface area contributed by atoms with Gasteiger partial charge in [0.2, 0.25) is 0 Å². The first-order valence-corrected chi connectivity index (χ1v) is 17.8. The van der Waals surface area contributed by atoms with Gasteiger partial charge in [0.15, 0.2) is 5.78 Å². The van der Waals surface area contributed by atoms with Crippen molar-refractivity contribution in [2.45, 2.75) is 92.5 Å². The third-order valence-corrected chi connectivity index (χ3v) is 7.16. The second-order valence-electron chi connectivity index (χ2n) is 7.93. The van der Waals surface area contributed by atoms with Crippen molar-refractivity contribution in [1.82, 2.24) is 4.72 Å². The molecular weight excluding hydrogens is 755 g/mol. The van der Waals surface area contributed by atoms with Gasteiger partial charge in [-0.15, -0.1) is 0 Å². The Hall–Kier alpha value is -1.94. The van der Waals surface area contributed by atoms with Gasteiger partial charge in [-0.1, -0.05) is 37.1 Å². The van der Waals surface area contributed by atoms with Gasteiger partial charge in [0.05, 0.1) is 62.0 Å². The summed E-state index contributed by atoms with van der Waals surface area (Å²) in [5.74, 6) is -1.43.